The predicted molar refractivity (Wildman–Crippen MR) is 124 cm³/mol. The fraction of sp³-hybridized carbons (Fsp3) is 0.522. The standard InChI is InChI=1S/C23H29ClN4O2S/c1-30-15-7-14-27-22(19-10-5-6-11-20(19)24)25-26-23(27)31-16-21(29)28(18-12-13-18)17-8-3-2-4-9-17/h5-6,8,10-11,18H,2-4,7,9,12-16H2,1H3. The minimum absolute atomic E-state index is 0.173. The van der Waals surface area contributed by atoms with E-state index in [9.17, 15) is 4.79 Å². The first-order valence-electron chi connectivity index (χ1n) is 11.0. The summed E-state index contributed by atoms with van der Waals surface area (Å²) in [5.74, 6) is 1.26. The molecule has 1 fully saturated rings. The van der Waals surface area contributed by atoms with E-state index in [2.05, 4.69) is 25.7 Å². The van der Waals surface area contributed by atoms with E-state index in [4.69, 9.17) is 16.3 Å². The Hall–Kier alpha value is -1.83. The number of carbonyl (C=O) groups is 1. The minimum Gasteiger partial charge on any atom is -0.385 e. The molecule has 0 radical (unpaired) electrons. The molecule has 0 spiro atoms. The van der Waals surface area contributed by atoms with Crippen molar-refractivity contribution in [2.75, 3.05) is 19.5 Å². The minimum atomic E-state index is 0.173. The second-order valence-corrected chi connectivity index (χ2v) is 9.36. The number of benzene rings is 1. The van der Waals surface area contributed by atoms with Gasteiger partial charge in [0.05, 0.1) is 10.8 Å². The van der Waals surface area contributed by atoms with Gasteiger partial charge in [-0.25, -0.2) is 0 Å². The molecule has 2 aliphatic rings. The monoisotopic (exact) mass is 460 g/mol. The van der Waals surface area contributed by atoms with Crippen LogP contribution in [0.4, 0.5) is 0 Å². The molecule has 1 amide bonds. The van der Waals surface area contributed by atoms with Gasteiger partial charge in [-0.1, -0.05) is 41.6 Å². The molecular weight excluding hydrogens is 432 g/mol. The second-order valence-electron chi connectivity index (χ2n) is 8.01. The van der Waals surface area contributed by atoms with Gasteiger partial charge in [-0.2, -0.15) is 0 Å². The summed E-state index contributed by atoms with van der Waals surface area (Å²) in [6, 6.07) is 8.03. The van der Waals surface area contributed by atoms with Crippen LogP contribution >= 0.6 is 23.4 Å². The number of allylic oxidation sites excluding steroid dienone is 2. The van der Waals surface area contributed by atoms with Crippen LogP contribution in [0, 0.1) is 0 Å². The van der Waals surface area contributed by atoms with E-state index >= 15 is 0 Å². The average Bonchev–Trinajstić information content (AvgIpc) is 3.54. The Morgan fingerprint density at radius 2 is 2.13 bits per heavy atom. The molecule has 0 bridgehead atoms. The summed E-state index contributed by atoms with van der Waals surface area (Å²) in [4.78, 5) is 15.2. The van der Waals surface area contributed by atoms with Crippen LogP contribution in [0.3, 0.4) is 0 Å². The van der Waals surface area contributed by atoms with Crippen molar-refractivity contribution in [2.24, 2.45) is 0 Å². The summed E-state index contributed by atoms with van der Waals surface area (Å²) in [7, 11) is 1.70. The summed E-state index contributed by atoms with van der Waals surface area (Å²) in [5.41, 5.74) is 2.07. The van der Waals surface area contributed by atoms with Crippen molar-refractivity contribution in [3.8, 4) is 11.4 Å². The van der Waals surface area contributed by atoms with E-state index in [1.807, 2.05) is 24.3 Å². The predicted octanol–water partition coefficient (Wildman–Crippen LogP) is 5.18. The van der Waals surface area contributed by atoms with Crippen molar-refractivity contribution in [1.29, 1.82) is 0 Å². The van der Waals surface area contributed by atoms with Gasteiger partial charge in [-0.15, -0.1) is 10.2 Å². The molecule has 166 valence electrons. The Labute approximate surface area is 193 Å². The SMILES string of the molecule is COCCCn1c(SCC(=O)N(C2=CCCCC2)C2CC2)nnc1-c1ccccc1Cl. The van der Waals surface area contributed by atoms with Crippen LogP contribution in [0.15, 0.2) is 41.2 Å². The Morgan fingerprint density at radius 3 is 2.84 bits per heavy atom. The highest BCUT2D eigenvalue weighted by molar-refractivity contribution is 7.99. The van der Waals surface area contributed by atoms with Gasteiger partial charge in [0.25, 0.3) is 0 Å². The highest BCUT2D eigenvalue weighted by Gasteiger charge is 2.35. The van der Waals surface area contributed by atoms with E-state index in [0.717, 1.165) is 48.6 Å². The highest BCUT2D eigenvalue weighted by atomic mass is 35.5. The number of hydrogen-bond donors (Lipinski definition) is 0. The summed E-state index contributed by atoms with van der Waals surface area (Å²) in [6.45, 7) is 1.35. The van der Waals surface area contributed by atoms with E-state index in [-0.39, 0.29) is 5.91 Å². The average molecular weight is 461 g/mol. The molecule has 0 saturated heterocycles. The maximum absolute atomic E-state index is 13.2. The van der Waals surface area contributed by atoms with E-state index in [1.54, 1.807) is 7.11 Å². The Bertz CT molecular complexity index is 941. The molecule has 1 aromatic heterocycles. The number of halogens is 1. The molecule has 0 unspecified atom stereocenters. The maximum atomic E-state index is 13.2. The number of ether oxygens (including phenoxy) is 1. The van der Waals surface area contributed by atoms with Crippen LogP contribution < -0.4 is 0 Å². The zero-order valence-corrected chi connectivity index (χ0v) is 19.5. The summed E-state index contributed by atoms with van der Waals surface area (Å²) < 4.78 is 7.28. The third kappa shape index (κ3) is 5.51. The lowest BCUT2D eigenvalue weighted by Gasteiger charge is -2.27. The van der Waals surface area contributed by atoms with Crippen LogP contribution in [0.5, 0.6) is 0 Å². The van der Waals surface area contributed by atoms with Gasteiger partial charge < -0.3 is 14.2 Å². The van der Waals surface area contributed by atoms with E-state index in [0.29, 0.717) is 30.0 Å². The Morgan fingerprint density at radius 1 is 1.29 bits per heavy atom. The fourth-order valence-corrected chi connectivity index (χ4v) is 5.02. The Balaban J connectivity index is 1.51. The lowest BCUT2D eigenvalue weighted by molar-refractivity contribution is -0.127. The number of nitrogens with zero attached hydrogens (tertiary/aromatic N) is 4. The number of aromatic nitrogens is 3. The van der Waals surface area contributed by atoms with Crippen molar-refractivity contribution in [3.63, 3.8) is 0 Å². The van der Waals surface area contributed by atoms with Gasteiger partial charge in [0.1, 0.15) is 0 Å². The lowest BCUT2D eigenvalue weighted by Crippen LogP contribution is -2.34. The number of thioether (sulfide) groups is 1. The van der Waals surface area contributed by atoms with Crippen molar-refractivity contribution in [3.05, 3.63) is 41.1 Å². The molecule has 0 aliphatic heterocycles. The number of methoxy groups -OCH3 is 1. The van der Waals surface area contributed by atoms with Gasteiger partial charge in [-0.05, 0) is 57.1 Å². The molecule has 6 nitrogen and oxygen atoms in total. The molecule has 2 aromatic rings. The first-order valence-corrected chi connectivity index (χ1v) is 12.4. The third-order valence-electron chi connectivity index (χ3n) is 5.64. The molecule has 0 atom stereocenters. The van der Waals surface area contributed by atoms with Crippen molar-refractivity contribution in [1.82, 2.24) is 19.7 Å². The molecule has 1 aromatic carbocycles. The molecule has 2 aliphatic carbocycles. The topological polar surface area (TPSA) is 60.2 Å². The number of carbonyl (C=O) groups excluding carboxylic acids is 1. The zero-order valence-electron chi connectivity index (χ0n) is 17.9. The first-order chi connectivity index (χ1) is 15.2. The first kappa shape index (κ1) is 22.4. The maximum Gasteiger partial charge on any atom is 0.237 e. The number of amides is 1. The van der Waals surface area contributed by atoms with Crippen LogP contribution in [-0.2, 0) is 16.1 Å². The summed E-state index contributed by atoms with van der Waals surface area (Å²) in [6.07, 6.45) is 9.78. The smallest absolute Gasteiger partial charge is 0.237 e. The van der Waals surface area contributed by atoms with Crippen LogP contribution in [0.25, 0.3) is 11.4 Å². The molecule has 1 heterocycles. The largest absolute Gasteiger partial charge is 0.385 e. The van der Waals surface area contributed by atoms with Crippen molar-refractivity contribution in [2.45, 2.75) is 62.7 Å². The fourth-order valence-electron chi connectivity index (χ4n) is 3.97. The molecular formula is C23H29ClN4O2S. The van der Waals surface area contributed by atoms with E-state index < -0.39 is 0 Å². The third-order valence-corrected chi connectivity index (χ3v) is 6.92. The van der Waals surface area contributed by atoms with Crippen molar-refractivity contribution >= 4 is 29.3 Å². The number of hydrogen-bond acceptors (Lipinski definition) is 5. The van der Waals surface area contributed by atoms with Gasteiger partial charge >= 0.3 is 0 Å². The van der Waals surface area contributed by atoms with Crippen molar-refractivity contribution < 1.29 is 9.53 Å². The van der Waals surface area contributed by atoms with Crippen LogP contribution in [0.2, 0.25) is 5.02 Å². The summed E-state index contributed by atoms with van der Waals surface area (Å²) >= 11 is 7.88. The molecule has 0 N–H and O–H groups in total. The van der Waals surface area contributed by atoms with Gasteiger partial charge in [-0.3, -0.25) is 4.79 Å². The molecule has 1 saturated carbocycles. The Kier molecular flexibility index (Phi) is 7.69. The molecule has 4 rings (SSSR count). The van der Waals surface area contributed by atoms with Crippen LogP contribution in [0.1, 0.15) is 44.9 Å². The van der Waals surface area contributed by atoms with Gasteiger partial charge in [0.15, 0.2) is 11.0 Å². The van der Waals surface area contributed by atoms with Gasteiger partial charge in [0, 0.05) is 37.6 Å². The lowest BCUT2D eigenvalue weighted by atomic mass is 10.0. The molecule has 31 heavy (non-hydrogen) atoms. The zero-order chi connectivity index (χ0) is 21.6. The quantitative estimate of drug-likeness (QED) is 0.361. The highest BCUT2D eigenvalue weighted by Crippen LogP contribution is 2.35. The number of rotatable bonds is 10. The van der Waals surface area contributed by atoms with Gasteiger partial charge in [0.2, 0.25) is 5.91 Å². The normalized spacial score (nSPS) is 16.3. The van der Waals surface area contributed by atoms with Crippen LogP contribution in [-0.4, -0.2) is 51.1 Å². The van der Waals surface area contributed by atoms with E-state index in [1.165, 1.54) is 30.3 Å². The molecule has 8 heteroatoms. The summed E-state index contributed by atoms with van der Waals surface area (Å²) in [5, 5.41) is 10.2. The second kappa shape index (κ2) is 10.7.